The van der Waals surface area contributed by atoms with Crippen LogP contribution in [-0.2, 0) is 19.4 Å². The maximum absolute atomic E-state index is 13.4. The zero-order chi connectivity index (χ0) is 32.9. The number of tetrazole rings is 1. The van der Waals surface area contributed by atoms with E-state index in [0.29, 0.717) is 22.7 Å². The lowest BCUT2D eigenvalue weighted by atomic mass is 9.98. The lowest BCUT2D eigenvalue weighted by molar-refractivity contribution is 0.102. The van der Waals surface area contributed by atoms with Gasteiger partial charge >= 0.3 is 0 Å². The molecule has 0 spiro atoms. The number of amides is 1. The first-order valence-corrected chi connectivity index (χ1v) is 15.1. The van der Waals surface area contributed by atoms with Crippen LogP contribution in [0.25, 0.3) is 17.1 Å². The third-order valence-corrected chi connectivity index (χ3v) is 8.21. The first-order chi connectivity index (χ1) is 22.9. The summed E-state index contributed by atoms with van der Waals surface area (Å²) < 4.78 is 35.3. The van der Waals surface area contributed by atoms with Crippen LogP contribution in [-0.4, -0.2) is 72.5 Å². The molecule has 0 aliphatic carbocycles. The van der Waals surface area contributed by atoms with Gasteiger partial charge in [0.25, 0.3) is 5.91 Å². The van der Waals surface area contributed by atoms with Crippen LogP contribution in [0.3, 0.4) is 0 Å². The van der Waals surface area contributed by atoms with Crippen molar-refractivity contribution in [2.24, 2.45) is 0 Å². The predicted octanol–water partition coefficient (Wildman–Crippen LogP) is 5.36. The molecule has 0 unspecified atom stereocenters. The standard InChI is InChI=1S/C35H35FN6O5/c1-44-30-17-24-14-16-41(21-25(24)18-31(30)45-2)15-13-22-5-11-27(12-6-22)42-39-34(38-40-42)28-19-32(46-3)33(47-4)20-29(28)37-35(43)23-7-9-26(36)10-8-23/h5-12,17-20H,13-16,21H2,1-4H3,(H,37,43). The number of carbonyl (C=O) groups is 1. The number of nitrogens with zero attached hydrogens (tertiary/aromatic N) is 5. The van der Waals surface area contributed by atoms with Gasteiger partial charge in [0, 0.05) is 31.3 Å². The third kappa shape index (κ3) is 6.87. The lowest BCUT2D eigenvalue weighted by Gasteiger charge is -2.29. The zero-order valence-corrected chi connectivity index (χ0v) is 26.6. The molecule has 0 bridgehead atoms. The number of nitrogens with one attached hydrogen (secondary N) is 1. The molecule has 1 aliphatic heterocycles. The Morgan fingerprint density at radius 2 is 1.47 bits per heavy atom. The summed E-state index contributed by atoms with van der Waals surface area (Å²) >= 11 is 0. The molecule has 0 fully saturated rings. The fourth-order valence-corrected chi connectivity index (χ4v) is 5.61. The highest BCUT2D eigenvalue weighted by molar-refractivity contribution is 6.06. The van der Waals surface area contributed by atoms with Crippen LogP contribution in [0.5, 0.6) is 23.0 Å². The molecule has 4 aromatic carbocycles. The van der Waals surface area contributed by atoms with Crippen molar-refractivity contribution in [3.63, 3.8) is 0 Å². The lowest BCUT2D eigenvalue weighted by Crippen LogP contribution is -2.32. The van der Waals surface area contributed by atoms with Crippen LogP contribution < -0.4 is 24.3 Å². The molecule has 1 amide bonds. The Kier molecular flexibility index (Phi) is 9.30. The Labute approximate surface area is 271 Å². The summed E-state index contributed by atoms with van der Waals surface area (Å²) in [6.45, 7) is 2.77. The number of halogens is 1. The highest BCUT2D eigenvalue weighted by atomic mass is 19.1. The van der Waals surface area contributed by atoms with E-state index in [1.807, 2.05) is 12.1 Å². The quantitative estimate of drug-likeness (QED) is 0.204. The van der Waals surface area contributed by atoms with Crippen LogP contribution in [0.2, 0.25) is 0 Å². The zero-order valence-electron chi connectivity index (χ0n) is 26.6. The molecule has 12 heteroatoms. The molecule has 0 atom stereocenters. The summed E-state index contributed by atoms with van der Waals surface area (Å²) in [4.78, 5) is 16.9. The molecule has 5 aromatic rings. The van der Waals surface area contributed by atoms with Crippen molar-refractivity contribution in [3.05, 3.63) is 101 Å². The fraction of sp³-hybridized carbons (Fsp3) is 0.257. The highest BCUT2D eigenvalue weighted by Gasteiger charge is 2.21. The number of aromatic nitrogens is 4. The molecule has 2 heterocycles. The van der Waals surface area contributed by atoms with Crippen LogP contribution in [0.1, 0.15) is 27.0 Å². The van der Waals surface area contributed by atoms with Gasteiger partial charge in [0.15, 0.2) is 23.0 Å². The van der Waals surface area contributed by atoms with Crippen molar-refractivity contribution in [2.45, 2.75) is 19.4 Å². The second-order valence-corrected chi connectivity index (χ2v) is 11.0. The Bertz CT molecular complexity index is 1880. The fourth-order valence-electron chi connectivity index (χ4n) is 5.61. The predicted molar refractivity (Wildman–Crippen MR) is 174 cm³/mol. The third-order valence-electron chi connectivity index (χ3n) is 8.21. The number of methoxy groups -OCH3 is 4. The first-order valence-electron chi connectivity index (χ1n) is 15.1. The van der Waals surface area contributed by atoms with Gasteiger partial charge < -0.3 is 24.3 Å². The van der Waals surface area contributed by atoms with E-state index in [1.54, 1.807) is 26.4 Å². The summed E-state index contributed by atoms with van der Waals surface area (Å²) in [5.74, 6) is 1.76. The number of benzene rings is 4. The summed E-state index contributed by atoms with van der Waals surface area (Å²) in [6.07, 6.45) is 1.86. The molecule has 0 radical (unpaired) electrons. The first kappa shape index (κ1) is 31.5. The minimum atomic E-state index is -0.435. The number of hydrogen-bond acceptors (Lipinski definition) is 9. The minimum absolute atomic E-state index is 0.268. The van der Waals surface area contributed by atoms with E-state index in [2.05, 4.69) is 49.9 Å². The second kappa shape index (κ2) is 13.9. The van der Waals surface area contributed by atoms with Crippen molar-refractivity contribution in [3.8, 4) is 40.1 Å². The Hall–Kier alpha value is -5.49. The molecular formula is C35H35FN6O5. The van der Waals surface area contributed by atoms with Crippen molar-refractivity contribution in [1.29, 1.82) is 0 Å². The van der Waals surface area contributed by atoms with Crippen molar-refractivity contribution in [1.82, 2.24) is 25.1 Å². The molecule has 242 valence electrons. The summed E-state index contributed by atoms with van der Waals surface area (Å²) in [7, 11) is 6.34. The molecule has 11 nitrogen and oxygen atoms in total. The Morgan fingerprint density at radius 1 is 0.830 bits per heavy atom. The van der Waals surface area contributed by atoms with Crippen molar-refractivity contribution >= 4 is 11.6 Å². The number of rotatable bonds is 11. The number of ether oxygens (including phenoxy) is 4. The molecule has 1 aliphatic rings. The van der Waals surface area contributed by atoms with Gasteiger partial charge in [-0.1, -0.05) is 12.1 Å². The molecule has 0 saturated heterocycles. The topological polar surface area (TPSA) is 113 Å². The summed E-state index contributed by atoms with van der Waals surface area (Å²) in [6, 6.07) is 20.8. The van der Waals surface area contributed by atoms with Gasteiger partial charge in [0.2, 0.25) is 5.82 Å². The van der Waals surface area contributed by atoms with E-state index in [-0.39, 0.29) is 11.4 Å². The normalized spacial score (nSPS) is 12.7. The maximum Gasteiger partial charge on any atom is 0.255 e. The van der Waals surface area contributed by atoms with E-state index < -0.39 is 11.7 Å². The van der Waals surface area contributed by atoms with Crippen LogP contribution in [0.4, 0.5) is 10.1 Å². The number of hydrogen-bond donors (Lipinski definition) is 1. The average Bonchev–Trinajstić information content (AvgIpc) is 3.60. The molecule has 1 aromatic heterocycles. The average molecular weight is 639 g/mol. The second-order valence-electron chi connectivity index (χ2n) is 11.0. The molecule has 0 saturated carbocycles. The van der Waals surface area contributed by atoms with Gasteiger partial charge in [0.05, 0.1) is 45.4 Å². The molecule has 47 heavy (non-hydrogen) atoms. The number of fused-ring (bicyclic) bond motifs is 1. The van der Waals surface area contributed by atoms with Gasteiger partial charge in [-0.15, -0.1) is 15.0 Å². The minimum Gasteiger partial charge on any atom is -0.493 e. The largest absolute Gasteiger partial charge is 0.493 e. The van der Waals surface area contributed by atoms with E-state index in [9.17, 15) is 9.18 Å². The Morgan fingerprint density at radius 3 is 2.15 bits per heavy atom. The summed E-state index contributed by atoms with van der Waals surface area (Å²) in [5.41, 5.74) is 5.64. The van der Waals surface area contributed by atoms with Gasteiger partial charge in [-0.3, -0.25) is 9.69 Å². The monoisotopic (exact) mass is 638 g/mol. The molecule has 6 rings (SSSR count). The van der Waals surface area contributed by atoms with Gasteiger partial charge in [-0.2, -0.15) is 0 Å². The van der Waals surface area contributed by atoms with E-state index in [0.717, 1.165) is 49.7 Å². The van der Waals surface area contributed by atoms with Crippen molar-refractivity contribution < 1.29 is 28.1 Å². The van der Waals surface area contributed by atoms with E-state index in [4.69, 9.17) is 18.9 Å². The van der Waals surface area contributed by atoms with Crippen LogP contribution in [0.15, 0.2) is 72.8 Å². The summed E-state index contributed by atoms with van der Waals surface area (Å²) in [5, 5.41) is 16.0. The van der Waals surface area contributed by atoms with Gasteiger partial charge in [-0.25, -0.2) is 4.39 Å². The van der Waals surface area contributed by atoms with Crippen LogP contribution >= 0.6 is 0 Å². The van der Waals surface area contributed by atoms with E-state index in [1.165, 1.54) is 60.0 Å². The molecule has 1 N–H and O–H groups in total. The van der Waals surface area contributed by atoms with Crippen molar-refractivity contribution in [2.75, 3.05) is 46.8 Å². The van der Waals surface area contributed by atoms with Gasteiger partial charge in [0.1, 0.15) is 5.82 Å². The number of carbonyl (C=O) groups excluding carboxylic acids is 1. The smallest absolute Gasteiger partial charge is 0.255 e. The SMILES string of the molecule is COc1cc2c(cc1OC)CN(CCc1ccc(-n3nnc(-c4cc(OC)c(OC)cc4NC(=O)c4ccc(F)cc4)n3)cc1)CC2. The van der Waals surface area contributed by atoms with E-state index >= 15 is 0 Å². The maximum atomic E-state index is 13.4. The van der Waals surface area contributed by atoms with Crippen LogP contribution in [0, 0.1) is 5.82 Å². The highest BCUT2D eigenvalue weighted by Crippen LogP contribution is 2.38. The Balaban J connectivity index is 1.16. The number of anilines is 1. The van der Waals surface area contributed by atoms with Gasteiger partial charge in [-0.05, 0) is 89.3 Å². The molecular weight excluding hydrogens is 603 g/mol.